The summed E-state index contributed by atoms with van der Waals surface area (Å²) in [4.78, 5) is 41.9. The molecule has 21 heteroatoms. The average molecular weight is 1050 g/mol. The Morgan fingerprint density at radius 3 is 1.83 bits per heavy atom. The summed E-state index contributed by atoms with van der Waals surface area (Å²) in [6.07, 6.45) is 10.4. The average Bonchev–Trinajstić information content (AvgIpc) is 3.73. The second-order valence-electron chi connectivity index (χ2n) is 9.55. The predicted octanol–water partition coefficient (Wildman–Crippen LogP) is 6.56. The molecule has 1 saturated heterocycles. The number of thioether (sulfide) groups is 1. The smallest absolute Gasteiger partial charge is 1.00 e. The van der Waals surface area contributed by atoms with Gasteiger partial charge in [-0.25, -0.2) is 19.9 Å². The van der Waals surface area contributed by atoms with Crippen LogP contribution < -0.4 is 35.1 Å². The monoisotopic (exact) mass is 1050 g/mol. The van der Waals surface area contributed by atoms with Crippen molar-refractivity contribution in [2.45, 2.75) is 42.6 Å². The van der Waals surface area contributed by atoms with E-state index in [0.717, 1.165) is 18.8 Å². The number of hydrogen-bond acceptors (Lipinski definition) is 10. The van der Waals surface area contributed by atoms with E-state index in [-0.39, 0.29) is 61.2 Å². The van der Waals surface area contributed by atoms with Crippen LogP contribution in [-0.2, 0) is 22.4 Å². The van der Waals surface area contributed by atoms with Crippen molar-refractivity contribution in [3.63, 3.8) is 0 Å². The number of aliphatic hydroxyl groups excluding tert-OH is 1. The van der Waals surface area contributed by atoms with Crippen LogP contribution in [0, 0.1) is 24.8 Å². The Kier molecular flexibility index (Phi) is 35.3. The van der Waals surface area contributed by atoms with Crippen LogP contribution in [0.2, 0.25) is 0 Å². The first-order valence-corrected chi connectivity index (χ1v) is 24.4. The van der Waals surface area contributed by atoms with Crippen LogP contribution in [0.3, 0.4) is 0 Å². The first kappa shape index (κ1) is 54.7. The van der Waals surface area contributed by atoms with Crippen LogP contribution in [0.1, 0.15) is 47.0 Å². The Bertz CT molecular complexity index is 1780. The number of halogens is 7. The molecule has 1 fully saturated rings. The molecule has 6 heterocycles. The van der Waals surface area contributed by atoms with Gasteiger partial charge in [0.15, 0.2) is 11.4 Å². The third-order valence-corrected chi connectivity index (χ3v) is 7.20. The zero-order chi connectivity index (χ0) is 38.6. The predicted molar refractivity (Wildman–Crippen MR) is 221 cm³/mol. The van der Waals surface area contributed by atoms with Gasteiger partial charge in [-0.15, -0.1) is 0 Å². The van der Waals surface area contributed by atoms with E-state index in [0.29, 0.717) is 39.3 Å². The van der Waals surface area contributed by atoms with Crippen LogP contribution >= 0.6 is 78.2 Å². The number of carbonyl (C=O) groups excluding carboxylic acids is 1. The minimum atomic E-state index is -0.715. The Hall–Kier alpha value is -1.38. The standard InChI is InChI=1S/C11H10FN3OS.C6H5BrFN.C6H4FNO.C6H7NO.C4H8O.B.Br3P.Na.H/c1-7-5-9(16)15-11(14-7)17-6-8-3-2-4-13-10(8)12;7-4-5-2-1-3-9-6(5)8;7-6-5(4-9)2-1-3-8-6;8-5-6-2-1-3-7-4-6;1-2-4-5-3-1;;1-4(2)3;;/h2-5H,6H2,1H3,(H,14,15,16);1-3H,4H2;1-4H;1-4,8H,5H2;1-4H2;;;;/q;;;;;;;+1;-1. The van der Waals surface area contributed by atoms with Gasteiger partial charge in [0.1, 0.15) is 4.03 Å². The Morgan fingerprint density at radius 2 is 1.46 bits per heavy atom. The normalized spacial score (nSPS) is 10.6. The Balaban J connectivity index is -0.000000621. The fourth-order valence-electron chi connectivity index (χ4n) is 3.30. The minimum Gasteiger partial charge on any atom is -1.00 e. The molecule has 0 aliphatic carbocycles. The van der Waals surface area contributed by atoms with E-state index in [4.69, 9.17) is 9.84 Å². The van der Waals surface area contributed by atoms with Crippen molar-refractivity contribution in [3.05, 3.63) is 142 Å². The van der Waals surface area contributed by atoms with Gasteiger partial charge in [0.2, 0.25) is 17.8 Å². The molecule has 0 atom stereocenters. The molecule has 54 heavy (non-hydrogen) atoms. The maximum Gasteiger partial charge on any atom is 1.00 e. The third-order valence-electron chi connectivity index (χ3n) is 5.68. The molecule has 1 aliphatic rings. The number of aryl methyl sites for hydroxylation is 1. The number of rotatable bonds is 6. The van der Waals surface area contributed by atoms with Crippen molar-refractivity contribution < 1.29 is 58.8 Å². The summed E-state index contributed by atoms with van der Waals surface area (Å²) in [5.74, 6) is -1.22. The van der Waals surface area contributed by atoms with E-state index in [2.05, 4.69) is 92.3 Å². The van der Waals surface area contributed by atoms with Gasteiger partial charge >= 0.3 is 29.6 Å². The van der Waals surface area contributed by atoms with Gasteiger partial charge in [0, 0.05) is 86.6 Å². The van der Waals surface area contributed by atoms with E-state index in [9.17, 15) is 22.8 Å². The first-order chi connectivity index (χ1) is 25.0. The number of aliphatic hydroxyl groups is 1. The minimum absolute atomic E-state index is 0. The second-order valence-corrected chi connectivity index (χ2v) is 26.4. The van der Waals surface area contributed by atoms with Gasteiger partial charge in [-0.1, -0.05) is 45.9 Å². The molecule has 0 aromatic carbocycles. The molecule has 5 aromatic rings. The molecular formula is C33H35BBr4F3N6NaO4PS. The molecule has 2 N–H and O–H groups in total. The fourth-order valence-corrected chi connectivity index (χ4v) is 4.61. The number of ether oxygens (including phenoxy) is 1. The molecule has 1 aliphatic heterocycles. The SMILES string of the molecule is BrP(Br)Br.C1CCOC1.Cc1cc(=O)[nH]c(SCc2cccnc2F)n1.Fc1ncccc1CBr.O=Cc1cccnc1F.OCc1cccnc1.[B].[H-].[Na+]. The maximum atomic E-state index is 13.2. The number of aldehydes is 1. The van der Waals surface area contributed by atoms with Crippen LogP contribution in [-0.4, -0.2) is 62.9 Å². The number of nitrogens with zero attached hydrogens (tertiary/aromatic N) is 5. The number of alkyl halides is 1. The maximum absolute atomic E-state index is 13.2. The van der Waals surface area contributed by atoms with Gasteiger partial charge in [-0.05, 0) is 102 Å². The van der Waals surface area contributed by atoms with Crippen LogP contribution in [0.5, 0.6) is 0 Å². The topological polar surface area (TPSA) is 144 Å². The van der Waals surface area contributed by atoms with Crippen molar-refractivity contribution in [1.82, 2.24) is 29.9 Å². The zero-order valence-electron chi connectivity index (χ0n) is 30.1. The molecule has 10 nitrogen and oxygen atoms in total. The summed E-state index contributed by atoms with van der Waals surface area (Å²) in [6, 6.07) is 14.6. The molecular weight excluding hydrogens is 1020 g/mol. The summed E-state index contributed by atoms with van der Waals surface area (Å²) in [7, 11) is 0. The molecule has 0 bridgehead atoms. The van der Waals surface area contributed by atoms with Crippen LogP contribution in [0.4, 0.5) is 13.2 Å². The van der Waals surface area contributed by atoms with E-state index in [1.807, 2.05) is 6.07 Å². The summed E-state index contributed by atoms with van der Waals surface area (Å²) >= 11 is 13.9. The third kappa shape index (κ3) is 27.3. The van der Waals surface area contributed by atoms with Crippen molar-refractivity contribution in [2.75, 3.05) is 13.2 Å². The number of hydrogen-bond donors (Lipinski definition) is 2. The number of aromatic amines is 1. The molecule has 0 amide bonds. The van der Waals surface area contributed by atoms with E-state index >= 15 is 0 Å². The van der Waals surface area contributed by atoms with Crippen LogP contribution in [0.25, 0.3) is 0 Å². The van der Waals surface area contributed by atoms with Crippen LogP contribution in [0.15, 0.2) is 95.5 Å². The molecule has 0 unspecified atom stereocenters. The largest absolute Gasteiger partial charge is 1.00 e. The van der Waals surface area contributed by atoms with Crippen molar-refractivity contribution in [1.29, 1.82) is 0 Å². The van der Waals surface area contributed by atoms with Crippen molar-refractivity contribution in [3.8, 4) is 0 Å². The van der Waals surface area contributed by atoms with E-state index < -0.39 is 17.8 Å². The first-order valence-electron chi connectivity index (χ1n) is 14.9. The number of pyridine rings is 4. The van der Waals surface area contributed by atoms with Gasteiger partial charge in [-0.2, -0.15) is 13.2 Å². The quantitative estimate of drug-likeness (QED) is 0.0366. The molecule has 285 valence electrons. The summed E-state index contributed by atoms with van der Waals surface area (Å²) in [5.41, 5.74) is 2.37. The zero-order valence-corrected chi connectivity index (χ0v) is 39.2. The van der Waals surface area contributed by atoms with Gasteiger partial charge < -0.3 is 16.3 Å². The number of carbonyl (C=O) groups is 1. The molecule has 5 aromatic heterocycles. The summed E-state index contributed by atoms with van der Waals surface area (Å²) in [5, 5.41) is 9.50. The molecule has 0 spiro atoms. The Morgan fingerprint density at radius 1 is 0.926 bits per heavy atom. The number of aromatic nitrogens is 6. The summed E-state index contributed by atoms with van der Waals surface area (Å²) < 4.78 is 42.7. The van der Waals surface area contributed by atoms with Crippen molar-refractivity contribution in [2.24, 2.45) is 0 Å². The number of H-pyrrole nitrogens is 1. The van der Waals surface area contributed by atoms with E-state index in [1.54, 1.807) is 49.6 Å². The molecule has 3 radical (unpaired) electrons. The number of nitrogens with one attached hydrogen (secondary N) is 1. The molecule has 0 saturated carbocycles. The molecule has 6 rings (SSSR count). The summed E-state index contributed by atoms with van der Waals surface area (Å²) in [6.45, 7) is 3.82. The van der Waals surface area contributed by atoms with E-state index in [1.165, 1.54) is 61.4 Å². The second kappa shape index (κ2) is 34.8. The van der Waals surface area contributed by atoms with Gasteiger partial charge in [0.25, 0.3) is 5.56 Å². The van der Waals surface area contributed by atoms with Gasteiger partial charge in [-0.3, -0.25) is 14.6 Å². The van der Waals surface area contributed by atoms with Crippen molar-refractivity contribution >= 4 is 92.9 Å². The van der Waals surface area contributed by atoms with Gasteiger partial charge in [0.05, 0.1) is 12.2 Å². The Labute approximate surface area is 375 Å². The fraction of sp³-hybridized carbons (Fsp3) is 0.242.